The van der Waals surface area contributed by atoms with Crippen molar-refractivity contribution < 1.29 is 14.6 Å². The Hall–Kier alpha value is -0.380. The summed E-state index contributed by atoms with van der Waals surface area (Å²) in [5.74, 6) is 2.61. The van der Waals surface area contributed by atoms with Gasteiger partial charge in [-0.1, -0.05) is 25.5 Å². The summed E-state index contributed by atoms with van der Waals surface area (Å²) in [6.45, 7) is 8.78. The van der Waals surface area contributed by atoms with E-state index in [4.69, 9.17) is 9.47 Å². The maximum atomic E-state index is 10.2. The zero-order valence-electron chi connectivity index (χ0n) is 16.8. The Balaban J connectivity index is 1.45. The van der Waals surface area contributed by atoms with Crippen molar-refractivity contribution >= 4 is 0 Å². The number of rotatable bonds is 1. The monoisotopic (exact) mass is 360 g/mol. The van der Waals surface area contributed by atoms with Crippen LogP contribution in [0.15, 0.2) is 11.6 Å². The summed E-state index contributed by atoms with van der Waals surface area (Å²) in [5.41, 5.74) is 2.27. The number of hydrogen-bond acceptors (Lipinski definition) is 3. The number of hydrogen-bond donors (Lipinski definition) is 1. The van der Waals surface area contributed by atoms with Crippen molar-refractivity contribution in [1.29, 1.82) is 0 Å². The van der Waals surface area contributed by atoms with Gasteiger partial charge < -0.3 is 14.6 Å². The molecule has 0 unspecified atom stereocenters. The highest BCUT2D eigenvalue weighted by atomic mass is 16.7. The lowest BCUT2D eigenvalue weighted by molar-refractivity contribution is -0.214. The molecule has 1 saturated heterocycles. The molecule has 4 fully saturated rings. The molecular weight excluding hydrogens is 324 g/mol. The first kappa shape index (κ1) is 17.7. The Bertz CT molecular complexity index is 607. The van der Waals surface area contributed by atoms with Crippen LogP contribution in [0.25, 0.3) is 0 Å². The fraction of sp³-hybridized carbons (Fsp3) is 0.913. The van der Waals surface area contributed by atoms with Crippen LogP contribution in [0.2, 0.25) is 0 Å². The second-order valence-corrected chi connectivity index (χ2v) is 10.5. The highest BCUT2D eigenvalue weighted by Gasteiger charge is 2.62. The van der Waals surface area contributed by atoms with Crippen LogP contribution in [0, 0.1) is 34.5 Å². The molecule has 4 aliphatic carbocycles. The summed E-state index contributed by atoms with van der Waals surface area (Å²) in [6, 6.07) is 0. The molecular formula is C23H36O3. The zero-order valence-corrected chi connectivity index (χ0v) is 16.8. The average Bonchev–Trinajstić information content (AvgIpc) is 3.19. The Morgan fingerprint density at radius 3 is 2.50 bits per heavy atom. The van der Waals surface area contributed by atoms with Gasteiger partial charge in [0.15, 0.2) is 5.79 Å². The molecule has 0 radical (unpaired) electrons. The van der Waals surface area contributed by atoms with E-state index in [9.17, 15) is 5.11 Å². The molecule has 0 spiro atoms. The van der Waals surface area contributed by atoms with E-state index in [-0.39, 0.29) is 11.9 Å². The number of ether oxygens (including phenoxy) is 2. The predicted octanol–water partition coefficient (Wildman–Crippen LogP) is 4.69. The molecule has 26 heavy (non-hydrogen) atoms. The molecule has 0 aromatic heterocycles. The maximum Gasteiger partial charge on any atom is 0.169 e. The molecule has 0 amide bonds. The van der Waals surface area contributed by atoms with E-state index in [1.54, 1.807) is 5.57 Å². The molecule has 0 bridgehead atoms. The first-order valence-electron chi connectivity index (χ1n) is 11.0. The van der Waals surface area contributed by atoms with Gasteiger partial charge in [-0.15, -0.1) is 0 Å². The fourth-order valence-electron chi connectivity index (χ4n) is 8.23. The Morgan fingerprint density at radius 1 is 0.962 bits per heavy atom. The summed E-state index contributed by atoms with van der Waals surface area (Å²) >= 11 is 0. The lowest BCUT2D eigenvalue weighted by Gasteiger charge is -2.58. The summed E-state index contributed by atoms with van der Waals surface area (Å²) in [7, 11) is 0. The van der Waals surface area contributed by atoms with Gasteiger partial charge >= 0.3 is 0 Å². The smallest absolute Gasteiger partial charge is 0.169 e. The van der Waals surface area contributed by atoms with Gasteiger partial charge in [0.05, 0.1) is 19.3 Å². The minimum atomic E-state index is -0.356. The first-order chi connectivity index (χ1) is 12.4. The number of aliphatic hydroxyl groups excluding tert-OH is 1. The lowest BCUT2D eigenvalue weighted by atomic mass is 9.47. The molecule has 7 atom stereocenters. The topological polar surface area (TPSA) is 38.7 Å². The third-order valence-corrected chi connectivity index (χ3v) is 9.57. The summed E-state index contributed by atoms with van der Waals surface area (Å²) < 4.78 is 12.3. The van der Waals surface area contributed by atoms with Gasteiger partial charge in [-0.3, -0.25) is 0 Å². The molecule has 3 nitrogen and oxygen atoms in total. The maximum absolute atomic E-state index is 10.2. The van der Waals surface area contributed by atoms with Crippen LogP contribution in [0.1, 0.15) is 72.1 Å². The minimum absolute atomic E-state index is 0.104. The molecule has 0 aromatic rings. The molecule has 5 aliphatic rings. The van der Waals surface area contributed by atoms with E-state index >= 15 is 0 Å². The van der Waals surface area contributed by atoms with Crippen molar-refractivity contribution in [2.24, 2.45) is 34.5 Å². The summed E-state index contributed by atoms with van der Waals surface area (Å²) in [4.78, 5) is 0. The van der Waals surface area contributed by atoms with E-state index in [2.05, 4.69) is 26.8 Å². The summed E-state index contributed by atoms with van der Waals surface area (Å²) in [5, 5.41) is 10.2. The van der Waals surface area contributed by atoms with Gasteiger partial charge in [-0.05, 0) is 86.9 Å². The van der Waals surface area contributed by atoms with E-state index in [0.717, 1.165) is 43.8 Å². The van der Waals surface area contributed by atoms with Crippen LogP contribution in [0.4, 0.5) is 0 Å². The Labute approximate surface area is 158 Å². The highest BCUT2D eigenvalue weighted by Crippen LogP contribution is 2.68. The quantitative estimate of drug-likeness (QED) is 0.690. The van der Waals surface area contributed by atoms with E-state index in [1.165, 1.54) is 38.5 Å². The van der Waals surface area contributed by atoms with Crippen molar-refractivity contribution in [1.82, 2.24) is 0 Å². The number of fused-ring (bicyclic) bond motifs is 5. The molecule has 5 rings (SSSR count). The fourth-order valence-corrected chi connectivity index (χ4v) is 8.23. The van der Waals surface area contributed by atoms with Crippen LogP contribution in [-0.2, 0) is 9.47 Å². The second kappa shape index (κ2) is 5.81. The third-order valence-electron chi connectivity index (χ3n) is 9.57. The largest absolute Gasteiger partial charge is 0.393 e. The van der Waals surface area contributed by atoms with E-state index < -0.39 is 0 Å². The molecule has 3 saturated carbocycles. The van der Waals surface area contributed by atoms with Gasteiger partial charge in [-0.2, -0.15) is 0 Å². The molecule has 0 aromatic carbocycles. The van der Waals surface area contributed by atoms with Crippen LogP contribution in [0.3, 0.4) is 0 Å². The zero-order chi connectivity index (χ0) is 18.2. The predicted molar refractivity (Wildman–Crippen MR) is 102 cm³/mol. The van der Waals surface area contributed by atoms with Crippen molar-refractivity contribution in [3.63, 3.8) is 0 Å². The minimum Gasteiger partial charge on any atom is -0.393 e. The standard InChI is InChI=1S/C23H36O3/c1-21-10-8-16(24)14-15(21)4-5-17-18-6-7-20(23(3)25-12-13-26-23)22(18,2)11-9-19(17)21/h4,16-20,24H,5-14H2,1-3H3/t16-,17+,18-,19-,20-,21-,22+/m0/s1. The van der Waals surface area contributed by atoms with Crippen molar-refractivity contribution in [3.05, 3.63) is 11.6 Å². The SMILES string of the molecule is CC1([C@H]2CC[C@H]3[C@H]4CC=C5C[C@@H](O)CC[C@]5(C)[C@H]4CC[C@@]23C)OCCO1. The highest BCUT2D eigenvalue weighted by molar-refractivity contribution is 5.25. The van der Waals surface area contributed by atoms with Gasteiger partial charge in [0, 0.05) is 5.92 Å². The second-order valence-electron chi connectivity index (χ2n) is 10.5. The van der Waals surface area contributed by atoms with Crippen molar-refractivity contribution in [3.8, 4) is 0 Å². The summed E-state index contributed by atoms with van der Waals surface area (Å²) in [6.07, 6.45) is 12.0. The van der Waals surface area contributed by atoms with Crippen LogP contribution in [-0.4, -0.2) is 30.2 Å². The van der Waals surface area contributed by atoms with Crippen LogP contribution >= 0.6 is 0 Å². The average molecular weight is 361 g/mol. The van der Waals surface area contributed by atoms with E-state index in [1.807, 2.05) is 0 Å². The van der Waals surface area contributed by atoms with Crippen LogP contribution < -0.4 is 0 Å². The van der Waals surface area contributed by atoms with Gasteiger partial charge in [0.1, 0.15) is 0 Å². The molecule has 1 N–H and O–H groups in total. The van der Waals surface area contributed by atoms with Crippen LogP contribution in [0.5, 0.6) is 0 Å². The molecule has 3 heteroatoms. The van der Waals surface area contributed by atoms with E-state index in [0.29, 0.717) is 16.7 Å². The van der Waals surface area contributed by atoms with Gasteiger partial charge in [0.25, 0.3) is 0 Å². The van der Waals surface area contributed by atoms with Gasteiger partial charge in [-0.25, -0.2) is 0 Å². The third kappa shape index (κ3) is 2.29. The van der Waals surface area contributed by atoms with Crippen molar-refractivity contribution in [2.75, 3.05) is 13.2 Å². The Morgan fingerprint density at radius 2 is 1.73 bits per heavy atom. The number of aliphatic hydroxyl groups is 1. The molecule has 1 aliphatic heterocycles. The molecule has 1 heterocycles. The van der Waals surface area contributed by atoms with Crippen molar-refractivity contribution in [2.45, 2.75) is 84.0 Å². The lowest BCUT2D eigenvalue weighted by Crippen LogP contribution is -2.53. The Kier molecular flexibility index (Phi) is 3.96. The molecule has 146 valence electrons. The number of allylic oxidation sites excluding steroid dienone is 1. The van der Waals surface area contributed by atoms with Gasteiger partial charge in [0.2, 0.25) is 0 Å². The first-order valence-corrected chi connectivity index (χ1v) is 11.0. The normalized spacial score (nSPS) is 52.8.